The molecule has 3 nitrogen and oxygen atoms in total. The van der Waals surface area contributed by atoms with Crippen LogP contribution in [0.1, 0.15) is 32.6 Å². The summed E-state index contributed by atoms with van der Waals surface area (Å²) in [4.78, 5) is 0. The van der Waals surface area contributed by atoms with Gasteiger partial charge < -0.3 is 16.4 Å². The minimum absolute atomic E-state index is 0.336. The Bertz CT molecular complexity index is 96.2. The van der Waals surface area contributed by atoms with E-state index in [1.54, 1.807) is 0 Å². The minimum atomic E-state index is 0.336. The second-order valence-electron chi connectivity index (χ2n) is 3.56. The summed E-state index contributed by atoms with van der Waals surface area (Å²) in [6.07, 6.45) is 5.01. The average Bonchev–Trinajstić information content (AvgIpc) is 2.13. The predicted octanol–water partition coefficient (Wildman–Crippen LogP) is 0.703. The van der Waals surface area contributed by atoms with Gasteiger partial charge in [0.1, 0.15) is 0 Å². The second-order valence-corrected chi connectivity index (χ2v) is 3.56. The molecule has 0 spiro atoms. The van der Waals surface area contributed by atoms with Gasteiger partial charge in [-0.2, -0.15) is 0 Å². The third-order valence-corrected chi connectivity index (χ3v) is 2.14. The van der Waals surface area contributed by atoms with E-state index in [0.29, 0.717) is 6.04 Å². The van der Waals surface area contributed by atoms with Crippen molar-refractivity contribution >= 4 is 0 Å². The molecule has 0 aromatic rings. The van der Waals surface area contributed by atoms with Crippen LogP contribution < -0.4 is 16.4 Å². The van der Waals surface area contributed by atoms with E-state index in [1.165, 1.54) is 19.3 Å². The van der Waals surface area contributed by atoms with E-state index >= 15 is 0 Å². The lowest BCUT2D eigenvalue weighted by Gasteiger charge is -2.12. The number of nitrogens with two attached hydrogens (primary N) is 1. The van der Waals surface area contributed by atoms with Crippen LogP contribution in [0.2, 0.25) is 0 Å². The Morgan fingerprint density at radius 1 is 1.23 bits per heavy atom. The van der Waals surface area contributed by atoms with Crippen LogP contribution in [0, 0.1) is 0 Å². The van der Waals surface area contributed by atoms with Crippen molar-refractivity contribution in [2.24, 2.45) is 5.73 Å². The number of rotatable bonds is 9. The molecule has 0 saturated heterocycles. The zero-order chi connectivity index (χ0) is 9.94. The predicted molar refractivity (Wildman–Crippen MR) is 58.9 cm³/mol. The van der Waals surface area contributed by atoms with Gasteiger partial charge in [0.15, 0.2) is 0 Å². The number of hydrogen-bond acceptors (Lipinski definition) is 3. The molecule has 0 saturated carbocycles. The lowest BCUT2D eigenvalue weighted by Crippen LogP contribution is -2.36. The van der Waals surface area contributed by atoms with Gasteiger partial charge in [-0.1, -0.05) is 26.2 Å². The van der Waals surface area contributed by atoms with Gasteiger partial charge in [0.25, 0.3) is 0 Å². The highest BCUT2D eigenvalue weighted by Gasteiger charge is 2.00. The molecule has 0 aromatic heterocycles. The molecule has 13 heavy (non-hydrogen) atoms. The molecule has 0 rings (SSSR count). The van der Waals surface area contributed by atoms with E-state index in [-0.39, 0.29) is 0 Å². The SMILES string of the molecule is CCCCCC(N)CNCCNC. The molecular weight excluding hydrogens is 162 g/mol. The Kier molecular flexibility index (Phi) is 9.87. The van der Waals surface area contributed by atoms with Crippen molar-refractivity contribution in [3.63, 3.8) is 0 Å². The molecule has 0 fully saturated rings. The Labute approximate surface area is 82.5 Å². The third kappa shape index (κ3) is 9.80. The first kappa shape index (κ1) is 12.9. The zero-order valence-corrected chi connectivity index (χ0v) is 9.10. The average molecular weight is 187 g/mol. The highest BCUT2D eigenvalue weighted by molar-refractivity contribution is 4.64. The highest BCUT2D eigenvalue weighted by Crippen LogP contribution is 2.00. The maximum atomic E-state index is 5.91. The van der Waals surface area contributed by atoms with Crippen LogP contribution in [0.5, 0.6) is 0 Å². The first-order valence-corrected chi connectivity index (χ1v) is 5.42. The number of unbranched alkanes of at least 4 members (excludes halogenated alkanes) is 2. The normalized spacial score (nSPS) is 13.2. The molecule has 80 valence electrons. The maximum absolute atomic E-state index is 5.91. The van der Waals surface area contributed by atoms with Crippen LogP contribution in [-0.2, 0) is 0 Å². The van der Waals surface area contributed by atoms with Crippen molar-refractivity contribution in [2.75, 3.05) is 26.7 Å². The quantitative estimate of drug-likeness (QED) is 0.466. The minimum Gasteiger partial charge on any atom is -0.327 e. The first-order chi connectivity index (χ1) is 6.31. The summed E-state index contributed by atoms with van der Waals surface area (Å²) in [5.74, 6) is 0. The van der Waals surface area contributed by atoms with Crippen molar-refractivity contribution in [2.45, 2.75) is 38.6 Å². The summed E-state index contributed by atoms with van der Waals surface area (Å²) < 4.78 is 0. The van der Waals surface area contributed by atoms with Gasteiger partial charge in [0, 0.05) is 25.7 Å². The molecule has 0 radical (unpaired) electrons. The molecule has 0 aromatic carbocycles. The lowest BCUT2D eigenvalue weighted by atomic mass is 10.1. The van der Waals surface area contributed by atoms with Gasteiger partial charge in [-0.15, -0.1) is 0 Å². The fourth-order valence-electron chi connectivity index (χ4n) is 1.26. The van der Waals surface area contributed by atoms with Gasteiger partial charge in [-0.3, -0.25) is 0 Å². The van der Waals surface area contributed by atoms with Crippen LogP contribution >= 0.6 is 0 Å². The van der Waals surface area contributed by atoms with E-state index < -0.39 is 0 Å². The topological polar surface area (TPSA) is 50.1 Å². The summed E-state index contributed by atoms with van der Waals surface area (Å²) >= 11 is 0. The molecule has 0 aliphatic carbocycles. The van der Waals surface area contributed by atoms with Crippen molar-refractivity contribution in [3.8, 4) is 0 Å². The van der Waals surface area contributed by atoms with Crippen molar-refractivity contribution < 1.29 is 0 Å². The molecule has 0 aliphatic rings. The molecule has 3 heteroatoms. The van der Waals surface area contributed by atoms with E-state index in [0.717, 1.165) is 26.1 Å². The molecule has 1 unspecified atom stereocenters. The summed E-state index contributed by atoms with van der Waals surface area (Å²) in [7, 11) is 1.96. The molecule has 0 amide bonds. The summed E-state index contributed by atoms with van der Waals surface area (Å²) in [5.41, 5.74) is 5.91. The van der Waals surface area contributed by atoms with E-state index in [9.17, 15) is 0 Å². The smallest absolute Gasteiger partial charge is 0.0165 e. The molecule has 0 aliphatic heterocycles. The number of nitrogens with one attached hydrogen (secondary N) is 2. The standard InChI is InChI=1S/C10H25N3/c1-3-4-5-6-10(11)9-13-8-7-12-2/h10,12-13H,3-9,11H2,1-2H3. The first-order valence-electron chi connectivity index (χ1n) is 5.42. The molecule has 4 N–H and O–H groups in total. The van der Waals surface area contributed by atoms with E-state index in [1.807, 2.05) is 7.05 Å². The van der Waals surface area contributed by atoms with E-state index in [4.69, 9.17) is 5.73 Å². The Morgan fingerprint density at radius 2 is 2.00 bits per heavy atom. The Hall–Kier alpha value is -0.120. The highest BCUT2D eigenvalue weighted by atomic mass is 14.9. The van der Waals surface area contributed by atoms with Crippen LogP contribution in [0.15, 0.2) is 0 Å². The molecule has 1 atom stereocenters. The van der Waals surface area contributed by atoms with Crippen molar-refractivity contribution in [1.82, 2.24) is 10.6 Å². The second kappa shape index (κ2) is 9.96. The van der Waals surface area contributed by atoms with Gasteiger partial charge in [-0.25, -0.2) is 0 Å². The van der Waals surface area contributed by atoms with E-state index in [2.05, 4.69) is 17.6 Å². The number of likely N-dealkylation sites (N-methyl/N-ethyl adjacent to an activating group) is 1. The number of hydrogen-bond donors (Lipinski definition) is 3. The van der Waals surface area contributed by atoms with Crippen molar-refractivity contribution in [3.05, 3.63) is 0 Å². The largest absolute Gasteiger partial charge is 0.327 e. The fraction of sp³-hybridized carbons (Fsp3) is 1.00. The maximum Gasteiger partial charge on any atom is 0.0165 e. The molecule has 0 heterocycles. The van der Waals surface area contributed by atoms with Gasteiger partial charge in [-0.05, 0) is 13.5 Å². The van der Waals surface area contributed by atoms with Crippen LogP contribution in [-0.4, -0.2) is 32.7 Å². The van der Waals surface area contributed by atoms with Gasteiger partial charge >= 0.3 is 0 Å². The molecule has 0 bridgehead atoms. The Balaban J connectivity index is 3.05. The fourth-order valence-corrected chi connectivity index (χ4v) is 1.26. The molecular formula is C10H25N3. The third-order valence-electron chi connectivity index (χ3n) is 2.14. The Morgan fingerprint density at radius 3 is 2.62 bits per heavy atom. The summed E-state index contributed by atoms with van der Waals surface area (Å²) in [6.45, 7) is 5.20. The van der Waals surface area contributed by atoms with Crippen LogP contribution in [0.4, 0.5) is 0 Å². The lowest BCUT2D eigenvalue weighted by molar-refractivity contribution is 0.513. The summed E-state index contributed by atoms with van der Waals surface area (Å²) in [6, 6.07) is 0.336. The van der Waals surface area contributed by atoms with Gasteiger partial charge in [0.2, 0.25) is 0 Å². The van der Waals surface area contributed by atoms with Crippen molar-refractivity contribution in [1.29, 1.82) is 0 Å². The van der Waals surface area contributed by atoms with Gasteiger partial charge in [0.05, 0.1) is 0 Å². The van der Waals surface area contributed by atoms with Crippen LogP contribution in [0.25, 0.3) is 0 Å². The summed E-state index contributed by atoms with van der Waals surface area (Å²) in [5, 5.41) is 6.42. The van der Waals surface area contributed by atoms with Crippen LogP contribution in [0.3, 0.4) is 0 Å². The monoisotopic (exact) mass is 187 g/mol. The zero-order valence-electron chi connectivity index (χ0n) is 9.10.